The molecule has 0 aromatic rings. The van der Waals surface area contributed by atoms with E-state index in [1.54, 1.807) is 0 Å². The maximum Gasteiger partial charge on any atom is 0 e. The van der Waals surface area contributed by atoms with Gasteiger partial charge in [-0.25, -0.2) is 0 Å². The van der Waals surface area contributed by atoms with Crippen molar-refractivity contribution in [2.45, 2.75) is 80.6 Å². The molecule has 2 aliphatic heterocycles. The third-order valence-corrected chi connectivity index (χ3v) is 3.42. The largest absolute Gasteiger partial charge is 0.317 e. The SMILES string of the molecule is C1CCNC1.CC(C)(C)C.CC(C)(C)CCC1CCNC1.[B].[B]. The minimum absolute atomic E-state index is 0. The number of hydrogen-bond donors (Lipinski definition) is 2. The molecule has 2 saturated heterocycles. The van der Waals surface area contributed by atoms with Crippen molar-refractivity contribution < 1.29 is 0 Å². The fourth-order valence-electron chi connectivity index (χ4n) is 2.22. The Hall–Kier alpha value is 0.0499. The van der Waals surface area contributed by atoms with Gasteiger partial charge in [0.2, 0.25) is 0 Å². The molecule has 0 aliphatic carbocycles. The van der Waals surface area contributed by atoms with E-state index in [4.69, 9.17) is 0 Å². The summed E-state index contributed by atoms with van der Waals surface area (Å²) in [6.45, 7) is 20.7. The van der Waals surface area contributed by atoms with Crippen LogP contribution in [0.15, 0.2) is 0 Å². The molecule has 0 spiro atoms. The molecule has 2 aliphatic rings. The fourth-order valence-corrected chi connectivity index (χ4v) is 2.22. The van der Waals surface area contributed by atoms with E-state index in [0.29, 0.717) is 10.8 Å². The van der Waals surface area contributed by atoms with Crippen LogP contribution in [0, 0.1) is 16.7 Å². The van der Waals surface area contributed by atoms with Gasteiger partial charge in [0, 0.05) is 16.8 Å². The summed E-state index contributed by atoms with van der Waals surface area (Å²) in [6.07, 6.45) is 6.96. The first-order valence-electron chi connectivity index (χ1n) is 8.99. The Morgan fingerprint density at radius 2 is 1.26 bits per heavy atom. The van der Waals surface area contributed by atoms with Crippen LogP contribution < -0.4 is 10.6 Å². The van der Waals surface area contributed by atoms with E-state index < -0.39 is 0 Å². The van der Waals surface area contributed by atoms with Crippen molar-refractivity contribution in [1.82, 2.24) is 10.6 Å². The molecule has 0 saturated carbocycles. The van der Waals surface area contributed by atoms with Gasteiger partial charge in [-0.05, 0) is 75.0 Å². The maximum atomic E-state index is 3.41. The van der Waals surface area contributed by atoms with Crippen molar-refractivity contribution in [3.8, 4) is 0 Å². The van der Waals surface area contributed by atoms with Crippen molar-refractivity contribution in [2.24, 2.45) is 16.7 Å². The molecule has 0 aromatic carbocycles. The lowest BCUT2D eigenvalue weighted by Gasteiger charge is -2.19. The van der Waals surface area contributed by atoms with E-state index in [1.807, 2.05) is 0 Å². The lowest BCUT2D eigenvalue weighted by atomic mass is 9.86. The molecule has 2 nitrogen and oxygen atoms in total. The second-order valence-electron chi connectivity index (χ2n) is 9.42. The molecule has 1 atom stereocenters. The average molecular weight is 320 g/mol. The van der Waals surface area contributed by atoms with E-state index in [0.717, 1.165) is 5.92 Å². The highest BCUT2D eigenvalue weighted by molar-refractivity contribution is 5.76. The first kappa shape index (κ1) is 27.9. The molecule has 2 fully saturated rings. The maximum absolute atomic E-state index is 3.41. The van der Waals surface area contributed by atoms with Gasteiger partial charge >= 0.3 is 0 Å². The molecule has 2 heterocycles. The molecule has 4 heteroatoms. The quantitative estimate of drug-likeness (QED) is 0.749. The predicted molar refractivity (Wildman–Crippen MR) is 108 cm³/mol. The summed E-state index contributed by atoms with van der Waals surface area (Å²) in [7, 11) is 0. The minimum atomic E-state index is 0. The lowest BCUT2D eigenvalue weighted by Crippen LogP contribution is -2.12. The van der Waals surface area contributed by atoms with Gasteiger partial charge in [-0.1, -0.05) is 48.5 Å². The van der Waals surface area contributed by atoms with Crippen LogP contribution in [0.5, 0.6) is 0 Å². The number of nitrogens with one attached hydrogen (secondary N) is 2. The zero-order valence-corrected chi connectivity index (χ0v) is 17.1. The van der Waals surface area contributed by atoms with Gasteiger partial charge in [-0.15, -0.1) is 0 Å². The highest BCUT2D eigenvalue weighted by atomic mass is 14.9. The molecule has 2 N–H and O–H groups in total. The van der Waals surface area contributed by atoms with Gasteiger partial charge in [0.15, 0.2) is 0 Å². The van der Waals surface area contributed by atoms with E-state index in [9.17, 15) is 0 Å². The molecule has 1 unspecified atom stereocenters. The van der Waals surface area contributed by atoms with Gasteiger partial charge in [0.1, 0.15) is 0 Å². The Labute approximate surface area is 151 Å². The van der Waals surface area contributed by atoms with Crippen LogP contribution in [-0.2, 0) is 0 Å². The molecule has 134 valence electrons. The van der Waals surface area contributed by atoms with Crippen LogP contribution in [-0.4, -0.2) is 43.0 Å². The Bertz CT molecular complexity index is 221. The molecule has 6 radical (unpaired) electrons. The molecule has 23 heavy (non-hydrogen) atoms. The van der Waals surface area contributed by atoms with E-state index >= 15 is 0 Å². The molecular formula is C19H42B2N2. The Morgan fingerprint density at radius 3 is 1.52 bits per heavy atom. The van der Waals surface area contributed by atoms with Crippen molar-refractivity contribution in [3.63, 3.8) is 0 Å². The van der Waals surface area contributed by atoms with Crippen LogP contribution in [0.3, 0.4) is 0 Å². The van der Waals surface area contributed by atoms with Crippen molar-refractivity contribution >= 4 is 16.8 Å². The van der Waals surface area contributed by atoms with Gasteiger partial charge < -0.3 is 10.6 Å². The van der Waals surface area contributed by atoms with Crippen LogP contribution in [0.4, 0.5) is 0 Å². The van der Waals surface area contributed by atoms with Gasteiger partial charge in [-0.2, -0.15) is 0 Å². The third kappa shape index (κ3) is 27.2. The first-order valence-corrected chi connectivity index (χ1v) is 8.99. The van der Waals surface area contributed by atoms with E-state index in [2.05, 4.69) is 59.1 Å². The normalized spacial score (nSPS) is 20.2. The zero-order chi connectivity index (χ0) is 16.4. The van der Waals surface area contributed by atoms with Crippen LogP contribution >= 0.6 is 0 Å². The second-order valence-corrected chi connectivity index (χ2v) is 9.42. The Kier molecular flexibility index (Phi) is 17.5. The monoisotopic (exact) mass is 320 g/mol. The number of hydrogen-bond acceptors (Lipinski definition) is 2. The molecule has 0 bridgehead atoms. The summed E-state index contributed by atoms with van der Waals surface area (Å²) in [4.78, 5) is 0. The minimum Gasteiger partial charge on any atom is -0.317 e. The van der Waals surface area contributed by atoms with Crippen LogP contribution in [0.2, 0.25) is 0 Å². The third-order valence-electron chi connectivity index (χ3n) is 3.42. The molecular weight excluding hydrogens is 278 g/mol. The topological polar surface area (TPSA) is 24.1 Å². The molecule has 0 amide bonds. The standard InChI is InChI=1S/C10H21N.C5H12.C4H9N.2B/c1-10(2,3)6-4-9-5-7-11-8-9;1-5(2,3)4;1-2-4-5-3-1;;/h9,11H,4-8H2,1-3H3;1-4H3;5H,1-4H2;;. The highest BCUT2D eigenvalue weighted by Gasteiger charge is 2.17. The van der Waals surface area contributed by atoms with Gasteiger partial charge in [0.25, 0.3) is 0 Å². The van der Waals surface area contributed by atoms with Crippen molar-refractivity contribution in [3.05, 3.63) is 0 Å². The number of rotatable bonds is 2. The zero-order valence-electron chi connectivity index (χ0n) is 17.1. The fraction of sp³-hybridized carbons (Fsp3) is 1.00. The van der Waals surface area contributed by atoms with Gasteiger partial charge in [0.05, 0.1) is 0 Å². The van der Waals surface area contributed by atoms with E-state index in [-0.39, 0.29) is 16.8 Å². The summed E-state index contributed by atoms with van der Waals surface area (Å²) in [6, 6.07) is 0. The summed E-state index contributed by atoms with van der Waals surface area (Å²) in [5.74, 6) is 0.967. The van der Waals surface area contributed by atoms with E-state index in [1.165, 1.54) is 58.3 Å². The Morgan fingerprint density at radius 1 is 0.783 bits per heavy atom. The summed E-state index contributed by atoms with van der Waals surface area (Å²) < 4.78 is 0. The molecule has 2 rings (SSSR count). The van der Waals surface area contributed by atoms with Crippen molar-refractivity contribution in [2.75, 3.05) is 26.2 Å². The predicted octanol–water partition coefficient (Wildman–Crippen LogP) is 4.08. The highest BCUT2D eigenvalue weighted by Crippen LogP contribution is 2.25. The van der Waals surface area contributed by atoms with Gasteiger partial charge in [-0.3, -0.25) is 0 Å². The lowest BCUT2D eigenvalue weighted by molar-refractivity contribution is 0.330. The Balaban J connectivity index is -0.000000283. The molecule has 0 aromatic heterocycles. The van der Waals surface area contributed by atoms with Crippen LogP contribution in [0.25, 0.3) is 0 Å². The summed E-state index contributed by atoms with van der Waals surface area (Å²) in [5, 5.41) is 6.63. The smallest absolute Gasteiger partial charge is 0 e. The average Bonchev–Trinajstić information content (AvgIpc) is 3.00. The summed E-state index contributed by atoms with van der Waals surface area (Å²) in [5.41, 5.74) is 1.03. The van der Waals surface area contributed by atoms with Crippen molar-refractivity contribution in [1.29, 1.82) is 0 Å². The van der Waals surface area contributed by atoms with Crippen LogP contribution in [0.1, 0.15) is 80.6 Å². The first-order chi connectivity index (χ1) is 9.58. The summed E-state index contributed by atoms with van der Waals surface area (Å²) >= 11 is 0. The second kappa shape index (κ2) is 14.4.